The van der Waals surface area contributed by atoms with Gasteiger partial charge in [0.05, 0.1) is 15.7 Å². The van der Waals surface area contributed by atoms with Gasteiger partial charge in [0.2, 0.25) is 0 Å². The molecule has 1 aromatic heterocycles. The van der Waals surface area contributed by atoms with Crippen LogP contribution in [-0.4, -0.2) is 10.1 Å². The van der Waals surface area contributed by atoms with Crippen molar-refractivity contribution in [3.8, 4) is 5.75 Å². The molecule has 2 rings (SSSR count). The monoisotopic (exact) mass is 239 g/mol. The zero-order chi connectivity index (χ0) is 11.0. The van der Waals surface area contributed by atoms with Crippen molar-refractivity contribution in [2.24, 2.45) is 0 Å². The number of phenols is 1. The molecule has 0 bridgehead atoms. The summed E-state index contributed by atoms with van der Waals surface area (Å²) >= 11 is 11.8. The van der Waals surface area contributed by atoms with Gasteiger partial charge < -0.3 is 5.11 Å². The molecule has 76 valence electrons. The van der Waals surface area contributed by atoms with E-state index in [4.69, 9.17) is 23.2 Å². The van der Waals surface area contributed by atoms with Crippen LogP contribution in [0.15, 0.2) is 24.8 Å². The third-order valence-corrected chi connectivity index (χ3v) is 2.69. The maximum Gasteiger partial charge on any atom is 0.160 e. The first-order chi connectivity index (χ1) is 7.13. The van der Waals surface area contributed by atoms with Crippen molar-refractivity contribution in [1.29, 1.82) is 0 Å². The lowest BCUT2D eigenvalue weighted by Crippen LogP contribution is -1.85. The van der Waals surface area contributed by atoms with Crippen LogP contribution >= 0.6 is 23.2 Å². The normalized spacial score (nSPS) is 10.5. The lowest BCUT2D eigenvalue weighted by molar-refractivity contribution is 0.480. The number of hydrogen-bond donors (Lipinski definition) is 1. The van der Waals surface area contributed by atoms with Crippen LogP contribution in [0.5, 0.6) is 5.75 Å². The summed E-state index contributed by atoms with van der Waals surface area (Å²) in [6.45, 7) is 3.60. The van der Waals surface area contributed by atoms with Crippen molar-refractivity contribution in [2.75, 3.05) is 0 Å². The lowest BCUT2D eigenvalue weighted by Gasteiger charge is -2.05. The Kier molecular flexibility index (Phi) is 2.55. The minimum absolute atomic E-state index is 0.0558. The Balaban J connectivity index is 2.91. The molecular formula is C11H7Cl2NO. The molecule has 0 fully saturated rings. The molecule has 1 N–H and O–H groups in total. The van der Waals surface area contributed by atoms with Crippen LogP contribution in [0.2, 0.25) is 10.0 Å². The van der Waals surface area contributed by atoms with E-state index >= 15 is 0 Å². The largest absolute Gasteiger partial charge is 0.504 e. The van der Waals surface area contributed by atoms with Crippen LogP contribution in [0, 0.1) is 0 Å². The van der Waals surface area contributed by atoms with Crippen molar-refractivity contribution in [3.05, 3.63) is 40.5 Å². The molecule has 15 heavy (non-hydrogen) atoms. The third kappa shape index (κ3) is 1.66. The van der Waals surface area contributed by atoms with Crippen molar-refractivity contribution in [1.82, 2.24) is 4.98 Å². The Morgan fingerprint density at radius 1 is 1.27 bits per heavy atom. The van der Waals surface area contributed by atoms with E-state index in [9.17, 15) is 5.11 Å². The number of benzene rings is 1. The first-order valence-corrected chi connectivity index (χ1v) is 4.99. The number of hydrogen-bond acceptors (Lipinski definition) is 2. The van der Waals surface area contributed by atoms with Crippen LogP contribution < -0.4 is 0 Å². The van der Waals surface area contributed by atoms with Gasteiger partial charge in [-0.1, -0.05) is 29.8 Å². The zero-order valence-electron chi connectivity index (χ0n) is 7.67. The Morgan fingerprint density at radius 2 is 2.00 bits per heavy atom. The van der Waals surface area contributed by atoms with Gasteiger partial charge in [-0.3, -0.25) is 0 Å². The van der Waals surface area contributed by atoms with E-state index in [1.54, 1.807) is 18.2 Å². The van der Waals surface area contributed by atoms with Gasteiger partial charge in [-0.25, -0.2) is 4.98 Å². The molecule has 0 saturated heterocycles. The van der Waals surface area contributed by atoms with E-state index in [2.05, 4.69) is 11.6 Å². The van der Waals surface area contributed by atoms with Crippen LogP contribution in [0.1, 0.15) is 5.69 Å². The highest BCUT2D eigenvalue weighted by Crippen LogP contribution is 2.36. The molecule has 2 aromatic rings. The molecule has 0 atom stereocenters. The van der Waals surface area contributed by atoms with Gasteiger partial charge in [-0.05, 0) is 24.3 Å². The molecular weight excluding hydrogens is 233 g/mol. The van der Waals surface area contributed by atoms with Gasteiger partial charge in [-0.15, -0.1) is 0 Å². The Morgan fingerprint density at radius 3 is 2.67 bits per heavy atom. The molecule has 0 aliphatic carbocycles. The maximum absolute atomic E-state index is 9.72. The second kappa shape index (κ2) is 3.72. The number of phenolic OH excluding ortho intramolecular Hbond substituents is 1. The zero-order valence-corrected chi connectivity index (χ0v) is 9.18. The van der Waals surface area contributed by atoms with E-state index in [0.29, 0.717) is 21.6 Å². The summed E-state index contributed by atoms with van der Waals surface area (Å²) in [4.78, 5) is 4.18. The Labute approximate surface area is 96.8 Å². The van der Waals surface area contributed by atoms with Crippen molar-refractivity contribution in [3.63, 3.8) is 0 Å². The minimum Gasteiger partial charge on any atom is -0.504 e. The lowest BCUT2D eigenvalue weighted by atomic mass is 10.2. The smallest absolute Gasteiger partial charge is 0.160 e. The summed E-state index contributed by atoms with van der Waals surface area (Å²) < 4.78 is 0. The Hall–Kier alpha value is -1.25. The van der Waals surface area contributed by atoms with E-state index < -0.39 is 0 Å². The van der Waals surface area contributed by atoms with E-state index in [1.807, 2.05) is 0 Å². The van der Waals surface area contributed by atoms with Crippen molar-refractivity contribution in [2.45, 2.75) is 0 Å². The summed E-state index contributed by atoms with van der Waals surface area (Å²) in [5.41, 5.74) is 1.06. The van der Waals surface area contributed by atoms with E-state index in [-0.39, 0.29) is 10.8 Å². The maximum atomic E-state index is 9.72. The number of halogens is 2. The molecule has 0 aliphatic rings. The molecule has 2 nitrogen and oxygen atoms in total. The number of rotatable bonds is 1. The van der Waals surface area contributed by atoms with Gasteiger partial charge in [-0.2, -0.15) is 0 Å². The Bertz CT molecular complexity index is 552. The van der Waals surface area contributed by atoms with Crippen molar-refractivity contribution < 1.29 is 5.11 Å². The van der Waals surface area contributed by atoms with Crippen molar-refractivity contribution >= 4 is 40.2 Å². The standard InChI is InChI=1S/C11H7Cl2NO/c1-2-6-3-4-7-8(12)5-9(13)11(15)10(7)14-6/h2-5,15H,1H2. The molecule has 0 amide bonds. The van der Waals surface area contributed by atoms with Gasteiger partial charge in [0.25, 0.3) is 0 Å². The van der Waals surface area contributed by atoms with Crippen LogP contribution in [0.4, 0.5) is 0 Å². The molecule has 1 heterocycles. The second-order valence-electron chi connectivity index (χ2n) is 3.03. The fourth-order valence-corrected chi connectivity index (χ4v) is 1.85. The number of aromatic nitrogens is 1. The highest BCUT2D eigenvalue weighted by atomic mass is 35.5. The second-order valence-corrected chi connectivity index (χ2v) is 3.84. The highest BCUT2D eigenvalue weighted by Gasteiger charge is 2.10. The first kappa shape index (κ1) is 10.3. The number of pyridine rings is 1. The van der Waals surface area contributed by atoms with E-state index in [1.165, 1.54) is 6.07 Å². The van der Waals surface area contributed by atoms with Crippen LogP contribution in [0.3, 0.4) is 0 Å². The minimum atomic E-state index is -0.0558. The predicted molar refractivity (Wildman–Crippen MR) is 63.5 cm³/mol. The average molecular weight is 240 g/mol. The van der Waals surface area contributed by atoms with Gasteiger partial charge in [0, 0.05) is 5.39 Å². The molecule has 4 heteroatoms. The quantitative estimate of drug-likeness (QED) is 0.820. The molecule has 1 aromatic carbocycles. The summed E-state index contributed by atoms with van der Waals surface area (Å²) in [6, 6.07) is 5.04. The SMILES string of the molecule is C=Cc1ccc2c(Cl)cc(Cl)c(O)c2n1. The number of fused-ring (bicyclic) bond motifs is 1. The molecule has 0 spiro atoms. The fourth-order valence-electron chi connectivity index (χ4n) is 1.33. The predicted octanol–water partition coefficient (Wildman–Crippen LogP) is 3.89. The van der Waals surface area contributed by atoms with E-state index in [0.717, 1.165) is 0 Å². The van der Waals surface area contributed by atoms with Gasteiger partial charge in [0.1, 0.15) is 5.52 Å². The number of aromatic hydroxyl groups is 1. The fraction of sp³-hybridized carbons (Fsp3) is 0. The average Bonchev–Trinajstić information content (AvgIpc) is 2.25. The first-order valence-electron chi connectivity index (χ1n) is 4.23. The van der Waals surface area contributed by atoms with Crippen LogP contribution in [0.25, 0.3) is 17.0 Å². The summed E-state index contributed by atoms with van der Waals surface area (Å²) in [5.74, 6) is -0.0558. The third-order valence-electron chi connectivity index (χ3n) is 2.09. The van der Waals surface area contributed by atoms with Gasteiger partial charge in [0.15, 0.2) is 5.75 Å². The topological polar surface area (TPSA) is 33.1 Å². The van der Waals surface area contributed by atoms with Crippen LogP contribution in [-0.2, 0) is 0 Å². The summed E-state index contributed by atoms with van der Waals surface area (Å²) in [7, 11) is 0. The molecule has 0 saturated carbocycles. The summed E-state index contributed by atoms with van der Waals surface area (Å²) in [5, 5.41) is 11.0. The highest BCUT2D eigenvalue weighted by molar-refractivity contribution is 6.39. The molecule has 0 radical (unpaired) electrons. The number of nitrogens with zero attached hydrogens (tertiary/aromatic N) is 1. The molecule has 0 aliphatic heterocycles. The molecule has 0 unspecified atom stereocenters. The van der Waals surface area contributed by atoms with Gasteiger partial charge >= 0.3 is 0 Å². The summed E-state index contributed by atoms with van der Waals surface area (Å²) in [6.07, 6.45) is 1.59.